The molecule has 1 aliphatic carbocycles. The molecule has 110 valence electrons. The van der Waals surface area contributed by atoms with Gasteiger partial charge in [0, 0.05) is 7.11 Å². The van der Waals surface area contributed by atoms with Gasteiger partial charge in [0.15, 0.2) is 0 Å². The first-order chi connectivity index (χ1) is 8.83. The lowest BCUT2D eigenvalue weighted by Gasteiger charge is -2.49. The highest BCUT2D eigenvalue weighted by Crippen LogP contribution is 2.50. The second-order valence-corrected chi connectivity index (χ2v) is 6.79. The first kappa shape index (κ1) is 16.5. The van der Waals surface area contributed by atoms with E-state index in [-0.39, 0.29) is 12.5 Å². The average molecular weight is 267 g/mol. The number of nitriles is 1. The standard InChI is InChI=1S/C16H29NO2/c1-12(2)14-6-8-15(10-17,9-7-14)16(18,11-19-5)13(3)4/h12-14,18H,6-9,11H2,1-5H3. The molecule has 1 atom stereocenters. The first-order valence-corrected chi connectivity index (χ1v) is 7.45. The van der Waals surface area contributed by atoms with Crippen LogP contribution in [0.25, 0.3) is 0 Å². The van der Waals surface area contributed by atoms with E-state index in [2.05, 4.69) is 19.9 Å². The molecular formula is C16H29NO2. The highest BCUT2D eigenvalue weighted by molar-refractivity contribution is 5.14. The molecule has 0 aromatic rings. The summed E-state index contributed by atoms with van der Waals surface area (Å²) in [5.74, 6) is 1.36. The average Bonchev–Trinajstić information content (AvgIpc) is 2.38. The quantitative estimate of drug-likeness (QED) is 0.831. The van der Waals surface area contributed by atoms with Crippen molar-refractivity contribution in [2.45, 2.75) is 59.0 Å². The molecular weight excluding hydrogens is 238 g/mol. The van der Waals surface area contributed by atoms with E-state index in [9.17, 15) is 10.4 Å². The highest BCUT2D eigenvalue weighted by atomic mass is 16.5. The number of aliphatic hydroxyl groups is 1. The zero-order valence-electron chi connectivity index (χ0n) is 13.1. The summed E-state index contributed by atoms with van der Waals surface area (Å²) in [5.41, 5.74) is -1.69. The van der Waals surface area contributed by atoms with Gasteiger partial charge in [-0.2, -0.15) is 5.26 Å². The van der Waals surface area contributed by atoms with Crippen molar-refractivity contribution in [1.82, 2.24) is 0 Å². The minimum Gasteiger partial charge on any atom is -0.386 e. The van der Waals surface area contributed by atoms with Gasteiger partial charge in [-0.3, -0.25) is 0 Å². The lowest BCUT2D eigenvalue weighted by molar-refractivity contribution is -0.148. The van der Waals surface area contributed by atoms with Gasteiger partial charge in [0.2, 0.25) is 0 Å². The molecule has 0 aromatic carbocycles. The van der Waals surface area contributed by atoms with Crippen LogP contribution in [-0.2, 0) is 4.74 Å². The maximum atomic E-state index is 11.0. The normalized spacial score (nSPS) is 31.2. The molecule has 1 rings (SSSR count). The third kappa shape index (κ3) is 2.95. The zero-order chi connectivity index (χ0) is 14.7. The van der Waals surface area contributed by atoms with Gasteiger partial charge >= 0.3 is 0 Å². The summed E-state index contributed by atoms with van der Waals surface area (Å²) in [6, 6.07) is 2.45. The van der Waals surface area contributed by atoms with Crippen LogP contribution in [0, 0.1) is 34.5 Å². The lowest BCUT2D eigenvalue weighted by atomic mass is 9.58. The Morgan fingerprint density at radius 3 is 2.16 bits per heavy atom. The van der Waals surface area contributed by atoms with Crippen LogP contribution in [0.3, 0.4) is 0 Å². The second-order valence-electron chi connectivity index (χ2n) is 6.79. The monoisotopic (exact) mass is 267 g/mol. The second kappa shape index (κ2) is 6.24. The Morgan fingerprint density at radius 2 is 1.84 bits per heavy atom. The molecule has 0 aliphatic heterocycles. The van der Waals surface area contributed by atoms with Crippen molar-refractivity contribution in [2.75, 3.05) is 13.7 Å². The molecule has 0 radical (unpaired) electrons. The molecule has 3 heteroatoms. The lowest BCUT2D eigenvalue weighted by Crippen LogP contribution is -2.56. The molecule has 1 saturated carbocycles. The maximum absolute atomic E-state index is 11.0. The largest absolute Gasteiger partial charge is 0.386 e. The summed E-state index contributed by atoms with van der Waals surface area (Å²) in [4.78, 5) is 0. The molecule has 0 saturated heterocycles. The summed E-state index contributed by atoms with van der Waals surface area (Å²) < 4.78 is 5.22. The van der Waals surface area contributed by atoms with Gasteiger partial charge in [0.05, 0.1) is 18.1 Å². The summed E-state index contributed by atoms with van der Waals surface area (Å²) >= 11 is 0. The first-order valence-electron chi connectivity index (χ1n) is 7.45. The van der Waals surface area contributed by atoms with Crippen LogP contribution in [0.1, 0.15) is 53.4 Å². The van der Waals surface area contributed by atoms with E-state index in [1.807, 2.05) is 13.8 Å². The number of nitrogens with zero attached hydrogens (tertiary/aromatic N) is 1. The van der Waals surface area contributed by atoms with E-state index in [4.69, 9.17) is 4.74 Å². The highest BCUT2D eigenvalue weighted by Gasteiger charge is 2.54. The van der Waals surface area contributed by atoms with Crippen molar-refractivity contribution in [3.63, 3.8) is 0 Å². The van der Waals surface area contributed by atoms with Gasteiger partial charge in [-0.1, -0.05) is 27.7 Å². The van der Waals surface area contributed by atoms with Gasteiger partial charge in [-0.15, -0.1) is 0 Å². The van der Waals surface area contributed by atoms with Crippen LogP contribution in [0.4, 0.5) is 0 Å². The molecule has 1 fully saturated rings. The molecule has 19 heavy (non-hydrogen) atoms. The fourth-order valence-electron chi connectivity index (χ4n) is 3.52. The van der Waals surface area contributed by atoms with Gasteiger partial charge in [-0.25, -0.2) is 0 Å². The zero-order valence-corrected chi connectivity index (χ0v) is 13.1. The molecule has 0 spiro atoms. The smallest absolute Gasteiger partial charge is 0.109 e. The fraction of sp³-hybridized carbons (Fsp3) is 0.938. The fourth-order valence-corrected chi connectivity index (χ4v) is 3.52. The third-order valence-electron chi connectivity index (χ3n) is 5.19. The van der Waals surface area contributed by atoms with Gasteiger partial charge in [0.25, 0.3) is 0 Å². The number of methoxy groups -OCH3 is 1. The van der Waals surface area contributed by atoms with E-state index < -0.39 is 11.0 Å². The van der Waals surface area contributed by atoms with E-state index in [1.54, 1.807) is 7.11 Å². The molecule has 0 bridgehead atoms. The molecule has 3 nitrogen and oxygen atoms in total. The van der Waals surface area contributed by atoms with Crippen molar-refractivity contribution >= 4 is 0 Å². The van der Waals surface area contributed by atoms with Crippen LogP contribution in [-0.4, -0.2) is 24.4 Å². The van der Waals surface area contributed by atoms with Gasteiger partial charge in [-0.05, 0) is 43.4 Å². The van der Waals surface area contributed by atoms with Crippen molar-refractivity contribution in [2.24, 2.45) is 23.2 Å². The molecule has 1 N–H and O–H groups in total. The van der Waals surface area contributed by atoms with Crippen molar-refractivity contribution in [3.8, 4) is 6.07 Å². The summed E-state index contributed by atoms with van der Waals surface area (Å²) in [5, 5.41) is 20.8. The van der Waals surface area contributed by atoms with Crippen molar-refractivity contribution < 1.29 is 9.84 Å². The van der Waals surface area contributed by atoms with Crippen LogP contribution in [0.15, 0.2) is 0 Å². The van der Waals surface area contributed by atoms with E-state index >= 15 is 0 Å². The summed E-state index contributed by atoms with van der Waals surface area (Å²) in [6.07, 6.45) is 3.63. The SMILES string of the molecule is COCC(O)(C(C)C)C1(C#N)CCC(C(C)C)CC1. The molecule has 0 heterocycles. The van der Waals surface area contributed by atoms with E-state index in [1.165, 1.54) is 0 Å². The number of hydrogen-bond donors (Lipinski definition) is 1. The van der Waals surface area contributed by atoms with Gasteiger partial charge in [0.1, 0.15) is 5.60 Å². The molecule has 0 amide bonds. The minimum absolute atomic E-state index is 0.0164. The Morgan fingerprint density at radius 1 is 1.32 bits per heavy atom. The molecule has 1 aliphatic rings. The number of rotatable bonds is 5. The molecule has 1 unspecified atom stereocenters. The third-order valence-corrected chi connectivity index (χ3v) is 5.19. The van der Waals surface area contributed by atoms with Crippen LogP contribution in [0.2, 0.25) is 0 Å². The predicted molar refractivity (Wildman–Crippen MR) is 76.5 cm³/mol. The summed E-state index contributed by atoms with van der Waals surface area (Å²) in [6.45, 7) is 8.69. The Hall–Kier alpha value is -0.590. The Bertz CT molecular complexity index is 324. The number of hydrogen-bond acceptors (Lipinski definition) is 3. The van der Waals surface area contributed by atoms with Crippen LogP contribution < -0.4 is 0 Å². The molecule has 0 aromatic heterocycles. The topological polar surface area (TPSA) is 53.2 Å². The van der Waals surface area contributed by atoms with E-state index in [0.29, 0.717) is 11.8 Å². The maximum Gasteiger partial charge on any atom is 0.109 e. The Balaban J connectivity index is 2.96. The Kier molecular flexibility index (Phi) is 5.41. The van der Waals surface area contributed by atoms with Crippen LogP contribution in [0.5, 0.6) is 0 Å². The minimum atomic E-state index is -1.04. The summed E-state index contributed by atoms with van der Waals surface area (Å²) in [7, 11) is 1.60. The number of ether oxygens (including phenoxy) is 1. The van der Waals surface area contributed by atoms with E-state index in [0.717, 1.165) is 25.7 Å². The predicted octanol–water partition coefficient (Wildman–Crippen LogP) is 3.38. The van der Waals surface area contributed by atoms with Crippen molar-refractivity contribution in [3.05, 3.63) is 0 Å². The van der Waals surface area contributed by atoms with Gasteiger partial charge < -0.3 is 9.84 Å². The Labute approximate surface area is 118 Å². The van der Waals surface area contributed by atoms with Crippen molar-refractivity contribution in [1.29, 1.82) is 5.26 Å². The van der Waals surface area contributed by atoms with Crippen LogP contribution >= 0.6 is 0 Å².